The molecule has 0 atom stereocenters. The minimum atomic E-state index is -1.11. The summed E-state index contributed by atoms with van der Waals surface area (Å²) in [4.78, 5) is 27.1. The summed E-state index contributed by atoms with van der Waals surface area (Å²) in [5.74, 6) is -1.16. The lowest BCUT2D eigenvalue weighted by Crippen LogP contribution is -2.48. The van der Waals surface area contributed by atoms with Crippen LogP contribution in [0.4, 0.5) is 0 Å². The van der Waals surface area contributed by atoms with Crippen LogP contribution in [0.25, 0.3) is 0 Å². The fourth-order valence-electron chi connectivity index (χ4n) is 2.26. The van der Waals surface area contributed by atoms with Gasteiger partial charge in [0.2, 0.25) is 5.91 Å². The Kier molecular flexibility index (Phi) is 4.33. The summed E-state index contributed by atoms with van der Waals surface area (Å²) in [6.07, 6.45) is 0.477. The Morgan fingerprint density at radius 3 is 2.45 bits per heavy atom. The first-order valence-corrected chi connectivity index (χ1v) is 6.65. The normalized spacial score (nSPS) is 16.4. The van der Waals surface area contributed by atoms with Gasteiger partial charge in [-0.15, -0.1) is 5.10 Å². The quantitative estimate of drug-likeness (QED) is 0.785. The van der Waals surface area contributed by atoms with E-state index < -0.39 is 5.97 Å². The standard InChI is InChI=1S/C12H19N5O3/c1-3-9-11(12(19)20)13-14-17(9)8-10(18)16-6-4-15(2)5-7-16/h3-8H2,1-2H3,(H,19,20). The zero-order valence-electron chi connectivity index (χ0n) is 11.7. The van der Waals surface area contributed by atoms with Crippen LogP contribution in [0, 0.1) is 0 Å². The average Bonchev–Trinajstić information content (AvgIpc) is 2.82. The average molecular weight is 281 g/mol. The predicted molar refractivity (Wildman–Crippen MR) is 70.4 cm³/mol. The molecule has 1 N–H and O–H groups in total. The lowest BCUT2D eigenvalue weighted by atomic mass is 10.2. The number of aromatic nitrogens is 3. The van der Waals surface area contributed by atoms with E-state index in [9.17, 15) is 9.59 Å². The first-order valence-electron chi connectivity index (χ1n) is 6.65. The van der Waals surface area contributed by atoms with Crippen LogP contribution in [-0.4, -0.2) is 75.0 Å². The summed E-state index contributed by atoms with van der Waals surface area (Å²) < 4.78 is 1.39. The van der Waals surface area contributed by atoms with E-state index in [2.05, 4.69) is 15.2 Å². The number of carboxylic acids is 1. The summed E-state index contributed by atoms with van der Waals surface area (Å²) in [7, 11) is 2.02. The van der Waals surface area contributed by atoms with Gasteiger partial charge in [0.05, 0.1) is 5.69 Å². The number of carbonyl (C=O) groups excluding carboxylic acids is 1. The maximum Gasteiger partial charge on any atom is 0.358 e. The molecule has 0 aliphatic carbocycles. The third kappa shape index (κ3) is 2.96. The topological polar surface area (TPSA) is 91.6 Å². The van der Waals surface area contributed by atoms with Gasteiger partial charge >= 0.3 is 5.97 Å². The highest BCUT2D eigenvalue weighted by atomic mass is 16.4. The van der Waals surface area contributed by atoms with Gasteiger partial charge in [0, 0.05) is 26.2 Å². The molecule has 1 aliphatic heterocycles. The highest BCUT2D eigenvalue weighted by Gasteiger charge is 2.23. The first kappa shape index (κ1) is 14.4. The fraction of sp³-hybridized carbons (Fsp3) is 0.667. The Bertz CT molecular complexity index is 505. The lowest BCUT2D eigenvalue weighted by molar-refractivity contribution is -0.133. The molecule has 1 fully saturated rings. The zero-order valence-corrected chi connectivity index (χ0v) is 11.7. The number of aromatic carboxylic acids is 1. The third-order valence-electron chi connectivity index (χ3n) is 3.52. The maximum absolute atomic E-state index is 12.2. The second-order valence-electron chi connectivity index (χ2n) is 4.89. The molecule has 0 bridgehead atoms. The van der Waals surface area contributed by atoms with Gasteiger partial charge in [0.1, 0.15) is 6.54 Å². The van der Waals surface area contributed by atoms with Gasteiger partial charge in [0.15, 0.2) is 5.69 Å². The Balaban J connectivity index is 2.06. The van der Waals surface area contributed by atoms with Gasteiger partial charge in [-0.2, -0.15) is 0 Å². The van der Waals surface area contributed by atoms with Crippen LogP contribution in [0.15, 0.2) is 0 Å². The van der Waals surface area contributed by atoms with Crippen LogP contribution in [0.2, 0.25) is 0 Å². The first-order chi connectivity index (χ1) is 9.52. The number of carbonyl (C=O) groups is 2. The Morgan fingerprint density at radius 2 is 1.90 bits per heavy atom. The van der Waals surface area contributed by atoms with E-state index in [0.29, 0.717) is 25.2 Å². The van der Waals surface area contributed by atoms with Crippen molar-refractivity contribution < 1.29 is 14.7 Å². The van der Waals surface area contributed by atoms with Crippen molar-refractivity contribution in [3.63, 3.8) is 0 Å². The number of likely N-dealkylation sites (N-methyl/N-ethyl adjacent to an activating group) is 1. The Hall–Kier alpha value is -1.96. The molecule has 0 spiro atoms. The molecule has 1 aliphatic rings. The molecular weight excluding hydrogens is 262 g/mol. The van der Waals surface area contributed by atoms with Crippen LogP contribution in [0.1, 0.15) is 23.1 Å². The van der Waals surface area contributed by atoms with Crippen LogP contribution < -0.4 is 0 Å². The summed E-state index contributed by atoms with van der Waals surface area (Å²) in [6, 6.07) is 0. The number of carboxylic acid groups (broad SMARTS) is 1. The van der Waals surface area contributed by atoms with E-state index >= 15 is 0 Å². The number of piperazine rings is 1. The molecule has 0 unspecified atom stereocenters. The van der Waals surface area contributed by atoms with Gasteiger partial charge < -0.3 is 14.9 Å². The van der Waals surface area contributed by atoms with Crippen molar-refractivity contribution in [3.05, 3.63) is 11.4 Å². The van der Waals surface area contributed by atoms with Crippen LogP contribution >= 0.6 is 0 Å². The lowest BCUT2D eigenvalue weighted by Gasteiger charge is -2.32. The number of nitrogens with zero attached hydrogens (tertiary/aromatic N) is 5. The van der Waals surface area contributed by atoms with E-state index in [-0.39, 0.29) is 18.1 Å². The molecule has 110 valence electrons. The highest BCUT2D eigenvalue weighted by molar-refractivity contribution is 5.86. The smallest absolute Gasteiger partial charge is 0.358 e. The van der Waals surface area contributed by atoms with Crippen molar-refractivity contribution in [3.8, 4) is 0 Å². The molecule has 1 aromatic rings. The molecule has 1 saturated heterocycles. The predicted octanol–water partition coefficient (Wildman–Crippen LogP) is -0.687. The maximum atomic E-state index is 12.2. The van der Waals surface area contributed by atoms with Gasteiger partial charge in [-0.1, -0.05) is 12.1 Å². The van der Waals surface area contributed by atoms with E-state index in [1.165, 1.54) is 4.68 Å². The second-order valence-corrected chi connectivity index (χ2v) is 4.89. The molecular formula is C12H19N5O3. The Labute approximate surface area is 117 Å². The SMILES string of the molecule is CCc1c(C(=O)O)nnn1CC(=O)N1CCN(C)CC1. The van der Waals surface area contributed by atoms with E-state index in [1.54, 1.807) is 4.90 Å². The molecule has 2 heterocycles. The third-order valence-corrected chi connectivity index (χ3v) is 3.52. The molecule has 1 amide bonds. The molecule has 1 aromatic heterocycles. The fourth-order valence-corrected chi connectivity index (χ4v) is 2.26. The summed E-state index contributed by atoms with van der Waals surface area (Å²) in [5.41, 5.74) is 0.415. The van der Waals surface area contributed by atoms with Crippen molar-refractivity contribution in [1.29, 1.82) is 0 Å². The monoisotopic (exact) mass is 281 g/mol. The van der Waals surface area contributed by atoms with Crippen molar-refractivity contribution in [2.75, 3.05) is 33.2 Å². The summed E-state index contributed by atoms with van der Waals surface area (Å²) in [6.45, 7) is 4.96. The molecule has 0 radical (unpaired) electrons. The van der Waals surface area contributed by atoms with Crippen LogP contribution in [-0.2, 0) is 17.8 Å². The molecule has 8 heteroatoms. The van der Waals surface area contributed by atoms with Crippen molar-refractivity contribution in [2.24, 2.45) is 0 Å². The molecule has 2 rings (SSSR count). The zero-order chi connectivity index (χ0) is 14.7. The Morgan fingerprint density at radius 1 is 1.25 bits per heavy atom. The summed E-state index contributed by atoms with van der Waals surface area (Å²) in [5, 5.41) is 16.4. The minimum Gasteiger partial charge on any atom is -0.476 e. The molecule has 0 saturated carbocycles. The summed E-state index contributed by atoms with van der Waals surface area (Å²) >= 11 is 0. The number of rotatable bonds is 4. The van der Waals surface area contributed by atoms with Crippen molar-refractivity contribution in [2.45, 2.75) is 19.9 Å². The molecule has 20 heavy (non-hydrogen) atoms. The van der Waals surface area contributed by atoms with E-state index in [4.69, 9.17) is 5.11 Å². The van der Waals surface area contributed by atoms with Gasteiger partial charge in [-0.05, 0) is 13.5 Å². The largest absolute Gasteiger partial charge is 0.476 e. The van der Waals surface area contributed by atoms with Gasteiger partial charge in [-0.3, -0.25) is 4.79 Å². The van der Waals surface area contributed by atoms with Crippen LogP contribution in [0.3, 0.4) is 0 Å². The van der Waals surface area contributed by atoms with Crippen molar-refractivity contribution >= 4 is 11.9 Å². The van der Waals surface area contributed by atoms with Crippen LogP contribution in [0.5, 0.6) is 0 Å². The van der Waals surface area contributed by atoms with Gasteiger partial charge in [0.25, 0.3) is 0 Å². The number of hydrogen-bond donors (Lipinski definition) is 1. The molecule has 0 aromatic carbocycles. The highest BCUT2D eigenvalue weighted by Crippen LogP contribution is 2.08. The van der Waals surface area contributed by atoms with E-state index in [0.717, 1.165) is 13.1 Å². The molecule has 8 nitrogen and oxygen atoms in total. The number of hydrogen-bond acceptors (Lipinski definition) is 5. The second kappa shape index (κ2) is 6.00. The van der Waals surface area contributed by atoms with E-state index in [1.807, 2.05) is 14.0 Å². The number of amides is 1. The van der Waals surface area contributed by atoms with Crippen molar-refractivity contribution in [1.82, 2.24) is 24.8 Å². The van der Waals surface area contributed by atoms with Gasteiger partial charge in [-0.25, -0.2) is 9.48 Å². The minimum absolute atomic E-state index is 0.0466.